The smallest absolute Gasteiger partial charge is 0.341 e. The molecule has 4 heterocycles. The van der Waals surface area contributed by atoms with Gasteiger partial charge in [-0.1, -0.05) is 12.1 Å². The quantitative estimate of drug-likeness (QED) is 0.0329. The van der Waals surface area contributed by atoms with Crippen LogP contribution in [-0.4, -0.2) is 98.6 Å². The molecule has 0 unspecified atom stereocenters. The Morgan fingerprint density at radius 3 is 1.10 bits per heavy atom. The van der Waals surface area contributed by atoms with Gasteiger partial charge in [0.2, 0.25) is 23.8 Å². The Kier molecular flexibility index (Phi) is 25.4. The Morgan fingerprint density at radius 2 is 0.733 bits per heavy atom. The van der Waals surface area contributed by atoms with Crippen molar-refractivity contribution < 1.29 is 56.0 Å². The largest absolute Gasteiger partial charge is 0.496 e. The van der Waals surface area contributed by atoms with Crippen molar-refractivity contribution in [3.8, 4) is 68.0 Å². The number of nitrogens with one attached hydrogen (secondary N) is 4. The van der Waals surface area contributed by atoms with Crippen LogP contribution in [0.3, 0.4) is 0 Å². The lowest BCUT2D eigenvalue weighted by molar-refractivity contribution is 0.0595. The molecule has 534 valence electrons. The first-order valence-corrected chi connectivity index (χ1v) is 32.1. The van der Waals surface area contributed by atoms with E-state index >= 15 is 0 Å². The van der Waals surface area contributed by atoms with Gasteiger partial charge < -0.3 is 62.2 Å². The number of halogens is 3. The number of hydrogen-bond donors (Lipinski definition) is 7. The molecule has 24 nitrogen and oxygen atoms in total. The van der Waals surface area contributed by atoms with Crippen LogP contribution in [0.25, 0.3) is 45.0 Å². The number of nitrogens with two attached hydrogens (primary N) is 3. The first-order valence-electron chi connectivity index (χ1n) is 32.1. The molecule has 0 aliphatic carbocycles. The predicted octanol–water partition coefficient (Wildman–Crippen LogP) is 14.7. The summed E-state index contributed by atoms with van der Waals surface area (Å²) in [5, 5.41) is 12.2. The minimum Gasteiger partial charge on any atom is -0.496 e. The summed E-state index contributed by atoms with van der Waals surface area (Å²) in [6, 6.07) is 48.9. The van der Waals surface area contributed by atoms with Gasteiger partial charge in [-0.15, -0.1) is 0 Å². The zero-order chi connectivity index (χ0) is 75.3. The summed E-state index contributed by atoms with van der Waals surface area (Å²) >= 11 is 0. The van der Waals surface area contributed by atoms with Crippen molar-refractivity contribution in [1.29, 1.82) is 0 Å². The van der Waals surface area contributed by atoms with Crippen molar-refractivity contribution in [3.05, 3.63) is 263 Å². The number of aryl methyl sites for hydroxylation is 4. The molecule has 8 aromatic carbocycles. The van der Waals surface area contributed by atoms with E-state index in [1.165, 1.54) is 64.0 Å². The van der Waals surface area contributed by atoms with E-state index in [9.17, 15) is 32.3 Å². The highest BCUT2D eigenvalue weighted by Gasteiger charge is 2.19. The number of rotatable bonds is 21. The monoisotopic (exact) mass is 1420 g/mol. The Labute approximate surface area is 602 Å². The maximum absolute atomic E-state index is 13.3. The molecule has 0 radical (unpaired) electrons. The molecule has 10 N–H and O–H groups in total. The fourth-order valence-corrected chi connectivity index (χ4v) is 10.2. The molecule has 0 atom stereocenters. The molecule has 0 bridgehead atoms. The van der Waals surface area contributed by atoms with Crippen molar-refractivity contribution in [2.75, 3.05) is 56.3 Å². The summed E-state index contributed by atoms with van der Waals surface area (Å²) < 4.78 is 65.1. The SMILES string of the molecule is CCOc1ccc(-c2ccnc(Nc3cc(C)cc(C)c3)n2)cc1C(=O)OC.COc1ccc(-c2ccnc(Nc3ccc(C)c(C)c3)n2)cc1C(N)=O.COc1ccc(-c2ccnc(Nc3ccc(F)c(F)c3)n2)cc1C(N)=O.COc1ccc(-c2ccnc(Nc3ccc(F)cc3)n2)cc1C(N)=O. The Morgan fingerprint density at radius 1 is 0.371 bits per heavy atom. The van der Waals surface area contributed by atoms with Gasteiger partial charge in [-0.25, -0.2) is 57.8 Å². The maximum atomic E-state index is 13.3. The number of nitrogens with zero attached hydrogens (tertiary/aromatic N) is 8. The third kappa shape index (κ3) is 20.4. The summed E-state index contributed by atoms with van der Waals surface area (Å²) in [4.78, 5) is 81.5. The summed E-state index contributed by atoms with van der Waals surface area (Å²) in [6.45, 7) is 10.5. The molecule has 4 aromatic heterocycles. The Hall–Kier alpha value is -13.9. The van der Waals surface area contributed by atoms with Gasteiger partial charge >= 0.3 is 5.97 Å². The van der Waals surface area contributed by atoms with E-state index in [2.05, 4.69) is 81.1 Å². The summed E-state index contributed by atoms with van der Waals surface area (Å²) in [6.07, 6.45) is 6.43. The van der Waals surface area contributed by atoms with Gasteiger partial charge in [-0.05, 0) is 215 Å². The highest BCUT2D eigenvalue weighted by atomic mass is 19.2. The molecule has 0 spiro atoms. The molecular weight excluding hydrogens is 1350 g/mol. The molecule has 12 aromatic rings. The zero-order valence-corrected chi connectivity index (χ0v) is 58.4. The number of carbonyl (C=O) groups is 4. The van der Waals surface area contributed by atoms with E-state index < -0.39 is 35.3 Å². The molecule has 27 heteroatoms. The van der Waals surface area contributed by atoms with Crippen molar-refractivity contribution in [2.24, 2.45) is 17.2 Å². The number of aromatic nitrogens is 8. The molecule has 0 aliphatic heterocycles. The number of anilines is 8. The van der Waals surface area contributed by atoms with Crippen LogP contribution in [0.5, 0.6) is 23.0 Å². The van der Waals surface area contributed by atoms with Crippen molar-refractivity contribution >= 4 is 70.2 Å². The lowest BCUT2D eigenvalue weighted by Crippen LogP contribution is -2.12. The molecular formula is C78H72F3N15O9. The van der Waals surface area contributed by atoms with Crippen LogP contribution in [0.4, 0.5) is 59.7 Å². The van der Waals surface area contributed by atoms with Crippen LogP contribution >= 0.6 is 0 Å². The average Bonchev–Trinajstić information content (AvgIpc) is 0.831. The Balaban J connectivity index is 0.000000162. The van der Waals surface area contributed by atoms with Gasteiger partial charge in [0.05, 0.1) is 74.5 Å². The number of hydrogen-bond acceptors (Lipinski definition) is 21. The third-order valence-corrected chi connectivity index (χ3v) is 15.4. The van der Waals surface area contributed by atoms with Gasteiger partial charge in [0, 0.05) is 75.9 Å². The van der Waals surface area contributed by atoms with Crippen LogP contribution < -0.4 is 57.4 Å². The normalized spacial score (nSPS) is 10.4. The van der Waals surface area contributed by atoms with Crippen molar-refractivity contribution in [1.82, 2.24) is 39.9 Å². The average molecular weight is 1420 g/mol. The third-order valence-electron chi connectivity index (χ3n) is 15.4. The number of ether oxygens (including phenoxy) is 5. The number of primary amides is 3. The number of amides is 3. The molecule has 0 saturated carbocycles. The second kappa shape index (κ2) is 35.5. The van der Waals surface area contributed by atoms with E-state index in [1.54, 1.807) is 116 Å². The van der Waals surface area contributed by atoms with Crippen LogP contribution in [0, 0.1) is 45.1 Å². The molecule has 0 fully saturated rings. The van der Waals surface area contributed by atoms with Crippen molar-refractivity contribution in [2.45, 2.75) is 34.6 Å². The number of esters is 1. The lowest BCUT2D eigenvalue weighted by Gasteiger charge is -2.11. The minimum absolute atomic E-state index is 0.185. The summed E-state index contributed by atoms with van der Waals surface area (Å²) in [7, 11) is 5.76. The Bertz CT molecular complexity index is 4950. The topological polar surface area (TPSA) is 344 Å². The van der Waals surface area contributed by atoms with Crippen LogP contribution in [0.15, 0.2) is 201 Å². The van der Waals surface area contributed by atoms with E-state index in [4.69, 9.17) is 40.9 Å². The molecule has 0 saturated heterocycles. The standard InChI is InChI=1S/C22H23N3O3.C20H20N4O2.C18H14F2N4O2.C18H15FN4O2/c1-5-28-20-7-6-16(13-18(20)21(26)27-4)19-8-9-23-22(25-19)24-17-11-14(2)10-15(3)12-17;1-12-4-6-15(10-13(12)2)23-20-22-9-8-17(24-20)14-5-7-18(26-3)16(11-14)19(21)25;1-26-16-5-2-10(8-12(16)17(21)25)15-6-7-22-18(24-15)23-11-3-4-13(19)14(20)9-11;1-25-16-7-2-11(10-14(16)17(20)24)15-8-9-21-18(23-15)22-13-5-3-12(19)4-6-13/h6-13H,5H2,1-4H3,(H,23,24,25);4-11H,1-3H3,(H2,21,25)(H,22,23,24);2-9H,1H3,(H2,21,25)(H,22,23,24);2-10H,1H3,(H2,20,24)(H,21,22,23). The van der Waals surface area contributed by atoms with Gasteiger partial charge in [-0.3, -0.25) is 14.4 Å². The number of benzene rings is 8. The van der Waals surface area contributed by atoms with Gasteiger partial charge in [-0.2, -0.15) is 0 Å². The minimum atomic E-state index is -0.979. The van der Waals surface area contributed by atoms with Crippen LogP contribution in [-0.2, 0) is 4.74 Å². The van der Waals surface area contributed by atoms with E-state index in [-0.39, 0.29) is 22.9 Å². The van der Waals surface area contributed by atoms with Crippen molar-refractivity contribution in [3.63, 3.8) is 0 Å². The maximum Gasteiger partial charge on any atom is 0.341 e. The van der Waals surface area contributed by atoms with Crippen LogP contribution in [0.1, 0.15) is 70.6 Å². The molecule has 105 heavy (non-hydrogen) atoms. The van der Waals surface area contributed by atoms with E-state index in [0.29, 0.717) is 104 Å². The fourth-order valence-electron chi connectivity index (χ4n) is 10.2. The summed E-state index contributed by atoms with van der Waals surface area (Å²) in [5.74, 6) is -1.29. The van der Waals surface area contributed by atoms with E-state index in [0.717, 1.165) is 45.8 Å². The lowest BCUT2D eigenvalue weighted by atomic mass is 10.1. The molecule has 12 rings (SSSR count). The van der Waals surface area contributed by atoms with Gasteiger partial charge in [0.1, 0.15) is 34.4 Å². The fraction of sp³-hybridized carbons (Fsp3) is 0.128. The highest BCUT2D eigenvalue weighted by molar-refractivity contribution is 5.99. The molecule has 3 amide bonds. The van der Waals surface area contributed by atoms with Crippen LogP contribution in [0.2, 0.25) is 0 Å². The second-order valence-electron chi connectivity index (χ2n) is 22.8. The first kappa shape index (κ1) is 75.4. The van der Waals surface area contributed by atoms with Gasteiger partial charge in [0.15, 0.2) is 11.6 Å². The summed E-state index contributed by atoms with van der Waals surface area (Å²) in [5.41, 5.74) is 30.2. The van der Waals surface area contributed by atoms with Gasteiger partial charge in [0.25, 0.3) is 17.7 Å². The number of methoxy groups -OCH3 is 4. The second-order valence-corrected chi connectivity index (χ2v) is 22.8. The highest BCUT2D eigenvalue weighted by Crippen LogP contribution is 2.32. The first-order chi connectivity index (χ1) is 50.5. The number of carbonyl (C=O) groups excluding carboxylic acids is 4. The zero-order valence-electron chi connectivity index (χ0n) is 58.4. The molecule has 0 aliphatic rings. The predicted molar refractivity (Wildman–Crippen MR) is 395 cm³/mol. The van der Waals surface area contributed by atoms with E-state index in [1.807, 2.05) is 63.2 Å².